The highest BCUT2D eigenvalue weighted by Gasteiger charge is 2.19. The molecule has 2 rings (SSSR count). The normalized spacial score (nSPS) is 19.3. The minimum absolute atomic E-state index is 0.0564. The lowest BCUT2D eigenvalue weighted by molar-refractivity contribution is 0.121. The minimum Gasteiger partial charge on any atom is -0.392 e. The van der Waals surface area contributed by atoms with Crippen molar-refractivity contribution in [3.63, 3.8) is 0 Å². The van der Waals surface area contributed by atoms with E-state index in [1.807, 2.05) is 13.0 Å². The van der Waals surface area contributed by atoms with Gasteiger partial charge in [0.15, 0.2) is 0 Å². The van der Waals surface area contributed by atoms with Gasteiger partial charge < -0.3 is 15.5 Å². The molecule has 0 saturated heterocycles. The molecule has 3 unspecified atom stereocenters. The SMILES string of the molecule is CC(O)CNC(C)C(O)c1ccc2c(c1)CCC2. The number of aryl methyl sites for hydroxylation is 2. The summed E-state index contributed by atoms with van der Waals surface area (Å²) in [4.78, 5) is 0. The maximum Gasteiger partial charge on any atom is 0.0940 e. The number of aliphatic hydroxyl groups is 2. The van der Waals surface area contributed by atoms with Crippen LogP contribution in [0.1, 0.15) is 43.1 Å². The number of benzene rings is 1. The summed E-state index contributed by atoms with van der Waals surface area (Å²) < 4.78 is 0. The molecule has 0 spiro atoms. The maximum atomic E-state index is 10.3. The molecule has 1 aromatic carbocycles. The molecule has 1 aliphatic rings. The van der Waals surface area contributed by atoms with Gasteiger partial charge in [0.2, 0.25) is 0 Å². The van der Waals surface area contributed by atoms with E-state index in [4.69, 9.17) is 0 Å². The summed E-state index contributed by atoms with van der Waals surface area (Å²) >= 11 is 0. The predicted octanol–water partition coefficient (Wildman–Crippen LogP) is 1.57. The molecule has 0 aliphatic heterocycles. The lowest BCUT2D eigenvalue weighted by atomic mass is 9.99. The molecule has 0 amide bonds. The summed E-state index contributed by atoms with van der Waals surface area (Å²) in [6.45, 7) is 4.19. The van der Waals surface area contributed by atoms with E-state index in [-0.39, 0.29) is 12.1 Å². The second-order valence-corrected chi connectivity index (χ2v) is 5.37. The maximum absolute atomic E-state index is 10.3. The van der Waals surface area contributed by atoms with Crippen LogP contribution >= 0.6 is 0 Å². The molecule has 0 aromatic heterocycles. The van der Waals surface area contributed by atoms with E-state index in [0.29, 0.717) is 6.54 Å². The van der Waals surface area contributed by atoms with Crippen molar-refractivity contribution in [3.8, 4) is 0 Å². The van der Waals surface area contributed by atoms with Crippen molar-refractivity contribution in [1.82, 2.24) is 5.32 Å². The van der Waals surface area contributed by atoms with Crippen molar-refractivity contribution in [2.24, 2.45) is 0 Å². The van der Waals surface area contributed by atoms with Crippen LogP contribution in [0, 0.1) is 0 Å². The Morgan fingerprint density at radius 3 is 2.61 bits per heavy atom. The quantitative estimate of drug-likeness (QED) is 0.742. The molecule has 1 aliphatic carbocycles. The molecule has 0 bridgehead atoms. The van der Waals surface area contributed by atoms with Crippen LogP contribution in [0.2, 0.25) is 0 Å². The van der Waals surface area contributed by atoms with Crippen LogP contribution in [-0.2, 0) is 12.8 Å². The van der Waals surface area contributed by atoms with Crippen molar-refractivity contribution >= 4 is 0 Å². The first-order chi connectivity index (χ1) is 8.58. The molecule has 100 valence electrons. The van der Waals surface area contributed by atoms with Gasteiger partial charge in [-0.05, 0) is 49.8 Å². The van der Waals surface area contributed by atoms with Crippen LogP contribution in [0.3, 0.4) is 0 Å². The highest BCUT2D eigenvalue weighted by atomic mass is 16.3. The van der Waals surface area contributed by atoms with E-state index in [0.717, 1.165) is 12.0 Å². The first-order valence-electron chi connectivity index (χ1n) is 6.79. The number of aliphatic hydroxyl groups excluding tert-OH is 2. The van der Waals surface area contributed by atoms with E-state index in [2.05, 4.69) is 17.4 Å². The van der Waals surface area contributed by atoms with Crippen molar-refractivity contribution in [2.45, 2.75) is 51.4 Å². The van der Waals surface area contributed by atoms with Gasteiger partial charge in [-0.2, -0.15) is 0 Å². The Hall–Kier alpha value is -0.900. The van der Waals surface area contributed by atoms with E-state index < -0.39 is 6.10 Å². The topological polar surface area (TPSA) is 52.5 Å². The number of hydrogen-bond donors (Lipinski definition) is 3. The number of nitrogens with one attached hydrogen (secondary N) is 1. The van der Waals surface area contributed by atoms with Crippen molar-refractivity contribution < 1.29 is 10.2 Å². The van der Waals surface area contributed by atoms with Gasteiger partial charge in [0, 0.05) is 12.6 Å². The third kappa shape index (κ3) is 3.10. The molecule has 1 aromatic rings. The largest absolute Gasteiger partial charge is 0.392 e. The Labute approximate surface area is 109 Å². The van der Waals surface area contributed by atoms with Crippen LogP contribution in [0.5, 0.6) is 0 Å². The molecule has 0 fully saturated rings. The Balaban J connectivity index is 2.02. The zero-order valence-corrected chi connectivity index (χ0v) is 11.2. The molecular weight excluding hydrogens is 226 g/mol. The smallest absolute Gasteiger partial charge is 0.0940 e. The van der Waals surface area contributed by atoms with Crippen LogP contribution in [0.15, 0.2) is 18.2 Å². The Morgan fingerprint density at radius 1 is 1.17 bits per heavy atom. The second-order valence-electron chi connectivity index (χ2n) is 5.37. The summed E-state index contributed by atoms with van der Waals surface area (Å²) in [5, 5.41) is 22.7. The highest BCUT2D eigenvalue weighted by Crippen LogP contribution is 2.26. The van der Waals surface area contributed by atoms with Crippen molar-refractivity contribution in [2.75, 3.05) is 6.54 Å². The summed E-state index contributed by atoms with van der Waals surface area (Å²) in [6, 6.07) is 6.24. The minimum atomic E-state index is -0.519. The van der Waals surface area contributed by atoms with Crippen LogP contribution in [0.25, 0.3) is 0 Å². The first-order valence-corrected chi connectivity index (χ1v) is 6.79. The zero-order chi connectivity index (χ0) is 13.1. The average molecular weight is 249 g/mol. The molecular formula is C15H23NO2. The van der Waals surface area contributed by atoms with Crippen LogP contribution in [0.4, 0.5) is 0 Å². The average Bonchev–Trinajstić information content (AvgIpc) is 2.81. The van der Waals surface area contributed by atoms with E-state index >= 15 is 0 Å². The molecule has 18 heavy (non-hydrogen) atoms. The lowest BCUT2D eigenvalue weighted by Gasteiger charge is -2.22. The van der Waals surface area contributed by atoms with Gasteiger partial charge in [0.25, 0.3) is 0 Å². The third-order valence-electron chi connectivity index (χ3n) is 3.67. The van der Waals surface area contributed by atoms with Gasteiger partial charge in [0.1, 0.15) is 0 Å². The van der Waals surface area contributed by atoms with Gasteiger partial charge in [-0.3, -0.25) is 0 Å². The van der Waals surface area contributed by atoms with Crippen LogP contribution in [-0.4, -0.2) is 28.9 Å². The predicted molar refractivity (Wildman–Crippen MR) is 72.6 cm³/mol. The standard InChI is InChI=1S/C15H23NO2/c1-10(17)9-16-11(2)15(18)14-7-6-12-4-3-5-13(12)8-14/h6-8,10-11,15-18H,3-5,9H2,1-2H3. The Bertz CT molecular complexity index is 403. The van der Waals surface area contributed by atoms with Gasteiger partial charge >= 0.3 is 0 Å². The third-order valence-corrected chi connectivity index (χ3v) is 3.67. The number of fused-ring (bicyclic) bond motifs is 1. The fraction of sp³-hybridized carbons (Fsp3) is 0.600. The summed E-state index contributed by atoms with van der Waals surface area (Å²) in [5.74, 6) is 0. The zero-order valence-electron chi connectivity index (χ0n) is 11.2. The monoisotopic (exact) mass is 249 g/mol. The van der Waals surface area contributed by atoms with Gasteiger partial charge in [-0.15, -0.1) is 0 Å². The Kier molecular flexibility index (Phi) is 4.38. The molecule has 3 atom stereocenters. The molecule has 0 heterocycles. The molecule has 0 radical (unpaired) electrons. The second kappa shape index (κ2) is 5.83. The van der Waals surface area contributed by atoms with Crippen LogP contribution < -0.4 is 5.32 Å². The van der Waals surface area contributed by atoms with Crippen molar-refractivity contribution in [1.29, 1.82) is 0 Å². The molecule has 3 N–H and O–H groups in total. The van der Waals surface area contributed by atoms with Gasteiger partial charge in [0.05, 0.1) is 12.2 Å². The number of hydrogen-bond acceptors (Lipinski definition) is 3. The van der Waals surface area contributed by atoms with E-state index in [9.17, 15) is 10.2 Å². The fourth-order valence-corrected chi connectivity index (χ4v) is 2.53. The Morgan fingerprint density at radius 2 is 1.89 bits per heavy atom. The summed E-state index contributed by atoms with van der Waals surface area (Å²) in [6.07, 6.45) is 2.62. The van der Waals surface area contributed by atoms with Gasteiger partial charge in [-0.1, -0.05) is 18.2 Å². The molecule has 0 saturated carbocycles. The summed E-state index contributed by atoms with van der Waals surface area (Å²) in [5.41, 5.74) is 3.78. The number of rotatable bonds is 5. The molecule has 3 heteroatoms. The van der Waals surface area contributed by atoms with Crippen molar-refractivity contribution in [3.05, 3.63) is 34.9 Å². The van der Waals surface area contributed by atoms with E-state index in [1.54, 1.807) is 6.92 Å². The van der Waals surface area contributed by atoms with E-state index in [1.165, 1.54) is 24.0 Å². The fourth-order valence-electron chi connectivity index (χ4n) is 2.53. The lowest BCUT2D eigenvalue weighted by Crippen LogP contribution is -2.36. The highest BCUT2D eigenvalue weighted by molar-refractivity contribution is 5.36. The summed E-state index contributed by atoms with van der Waals surface area (Å²) in [7, 11) is 0. The van der Waals surface area contributed by atoms with Gasteiger partial charge in [-0.25, -0.2) is 0 Å². The molecule has 3 nitrogen and oxygen atoms in total. The first kappa shape index (κ1) is 13.5.